The van der Waals surface area contributed by atoms with Crippen LogP contribution in [0.2, 0.25) is 0 Å². The van der Waals surface area contributed by atoms with Crippen molar-refractivity contribution in [3.63, 3.8) is 0 Å². The van der Waals surface area contributed by atoms with Gasteiger partial charge in [0.25, 0.3) is 5.91 Å². The minimum atomic E-state index is 0.000827. The number of anilines is 1. The lowest BCUT2D eigenvalue weighted by Gasteiger charge is -2.32. The molecule has 0 spiro atoms. The van der Waals surface area contributed by atoms with E-state index in [0.717, 1.165) is 38.1 Å². The van der Waals surface area contributed by atoms with Gasteiger partial charge in [0.1, 0.15) is 5.76 Å². The van der Waals surface area contributed by atoms with Crippen LogP contribution in [-0.2, 0) is 13.0 Å². The Morgan fingerprint density at radius 3 is 2.79 bits per heavy atom. The number of likely N-dealkylation sites (tertiary alicyclic amines) is 1. The molecule has 1 atom stereocenters. The van der Waals surface area contributed by atoms with Gasteiger partial charge in [-0.1, -0.05) is 31.5 Å². The van der Waals surface area contributed by atoms with Crippen LogP contribution in [-0.4, -0.2) is 42.5 Å². The van der Waals surface area contributed by atoms with Crippen molar-refractivity contribution in [2.75, 3.05) is 24.5 Å². The van der Waals surface area contributed by atoms with Crippen LogP contribution in [0.4, 0.5) is 5.69 Å². The Bertz CT molecular complexity index is 823. The molecule has 3 heterocycles. The molecule has 1 aromatic heterocycles. The molecule has 29 heavy (non-hydrogen) atoms. The monoisotopic (exact) mass is 395 g/mol. The summed E-state index contributed by atoms with van der Waals surface area (Å²) in [5.41, 5.74) is 3.30. The number of carbonyl (C=O) groups is 1. The lowest BCUT2D eigenvalue weighted by atomic mass is 10.0. The predicted octanol–water partition coefficient (Wildman–Crippen LogP) is 4.23. The fourth-order valence-corrected chi connectivity index (χ4v) is 4.64. The number of piperidine rings is 1. The molecule has 2 aromatic rings. The molecule has 5 heteroatoms. The van der Waals surface area contributed by atoms with Crippen molar-refractivity contribution in [2.45, 2.75) is 64.6 Å². The van der Waals surface area contributed by atoms with Crippen LogP contribution in [0.3, 0.4) is 0 Å². The van der Waals surface area contributed by atoms with Crippen LogP contribution in [0.5, 0.6) is 0 Å². The fourth-order valence-electron chi connectivity index (χ4n) is 4.64. The zero-order valence-corrected chi connectivity index (χ0v) is 17.7. The zero-order valence-electron chi connectivity index (χ0n) is 17.7. The van der Waals surface area contributed by atoms with E-state index in [2.05, 4.69) is 53.2 Å². The molecule has 1 fully saturated rings. The minimum absolute atomic E-state index is 0.000827. The lowest BCUT2D eigenvalue weighted by Crippen LogP contribution is -2.45. The molecule has 156 valence electrons. The topological polar surface area (TPSA) is 48.7 Å². The molecule has 1 amide bonds. The molecule has 5 nitrogen and oxygen atoms in total. The van der Waals surface area contributed by atoms with Crippen molar-refractivity contribution in [2.24, 2.45) is 0 Å². The van der Waals surface area contributed by atoms with Gasteiger partial charge in [0, 0.05) is 30.9 Å². The molecular weight excluding hydrogens is 362 g/mol. The number of rotatable bonds is 7. The largest absolute Gasteiger partial charge is 0.467 e. The van der Waals surface area contributed by atoms with Crippen LogP contribution in [0.1, 0.15) is 61.2 Å². The van der Waals surface area contributed by atoms with E-state index in [1.54, 1.807) is 6.26 Å². The van der Waals surface area contributed by atoms with Gasteiger partial charge in [0.05, 0.1) is 18.4 Å². The summed E-state index contributed by atoms with van der Waals surface area (Å²) in [6.45, 7) is 8.42. The zero-order chi connectivity index (χ0) is 20.2. The maximum atomic E-state index is 12.9. The van der Waals surface area contributed by atoms with Gasteiger partial charge in [0.2, 0.25) is 0 Å². The first kappa shape index (κ1) is 20.0. The van der Waals surface area contributed by atoms with Crippen molar-refractivity contribution >= 4 is 11.6 Å². The van der Waals surface area contributed by atoms with Gasteiger partial charge < -0.3 is 19.5 Å². The molecule has 1 N–H and O–H groups in total. The molecule has 0 saturated carbocycles. The Morgan fingerprint density at radius 1 is 1.21 bits per heavy atom. The first-order valence-corrected chi connectivity index (χ1v) is 11.1. The van der Waals surface area contributed by atoms with E-state index in [4.69, 9.17) is 4.42 Å². The summed E-state index contributed by atoms with van der Waals surface area (Å²) in [7, 11) is 0. The molecule has 0 bridgehead atoms. The number of nitrogens with one attached hydrogen (secondary N) is 1. The average Bonchev–Trinajstić information content (AvgIpc) is 3.32. The number of carbonyl (C=O) groups excluding carboxylic acids is 1. The van der Waals surface area contributed by atoms with Gasteiger partial charge in [-0.15, -0.1) is 0 Å². The first-order valence-electron chi connectivity index (χ1n) is 11.1. The van der Waals surface area contributed by atoms with E-state index in [-0.39, 0.29) is 11.9 Å². The molecule has 0 aliphatic carbocycles. The molecule has 2 aliphatic heterocycles. The predicted molar refractivity (Wildman–Crippen MR) is 116 cm³/mol. The summed E-state index contributed by atoms with van der Waals surface area (Å²) in [4.78, 5) is 17.8. The summed E-state index contributed by atoms with van der Waals surface area (Å²) in [6, 6.07) is 11.0. The van der Waals surface area contributed by atoms with Crippen LogP contribution < -0.4 is 10.2 Å². The number of para-hydroxylation sites is 1. The van der Waals surface area contributed by atoms with Crippen molar-refractivity contribution in [3.8, 4) is 0 Å². The third kappa shape index (κ3) is 4.50. The molecule has 2 aliphatic rings. The maximum absolute atomic E-state index is 12.9. The van der Waals surface area contributed by atoms with Crippen molar-refractivity contribution in [1.82, 2.24) is 10.2 Å². The highest BCUT2D eigenvalue weighted by molar-refractivity contribution is 5.95. The van der Waals surface area contributed by atoms with Crippen LogP contribution >= 0.6 is 0 Å². The fraction of sp³-hybridized carbons (Fsp3) is 0.542. The maximum Gasteiger partial charge on any atom is 0.255 e. The van der Waals surface area contributed by atoms with Gasteiger partial charge in [-0.05, 0) is 56.8 Å². The number of unbranched alkanes of at least 4 members (excludes halogenated alkanes) is 1. The van der Waals surface area contributed by atoms with Crippen LogP contribution in [0, 0.1) is 0 Å². The third-order valence-electron chi connectivity index (χ3n) is 6.40. The quantitative estimate of drug-likeness (QED) is 0.762. The Balaban J connectivity index is 1.37. The highest BCUT2D eigenvalue weighted by Gasteiger charge is 2.28. The highest BCUT2D eigenvalue weighted by Crippen LogP contribution is 2.33. The van der Waals surface area contributed by atoms with Gasteiger partial charge >= 0.3 is 0 Å². The van der Waals surface area contributed by atoms with Crippen molar-refractivity contribution in [1.29, 1.82) is 0 Å². The van der Waals surface area contributed by atoms with Gasteiger partial charge in [-0.3, -0.25) is 4.79 Å². The SMILES string of the molecule is CCCCN1CCC(NC(=O)c2ccoc2CN2c3ccccc3CC2C)CC1. The van der Waals surface area contributed by atoms with Gasteiger partial charge in [0.15, 0.2) is 0 Å². The minimum Gasteiger partial charge on any atom is -0.467 e. The summed E-state index contributed by atoms with van der Waals surface area (Å²) in [5, 5.41) is 3.25. The summed E-state index contributed by atoms with van der Waals surface area (Å²) < 4.78 is 5.75. The Kier molecular flexibility index (Phi) is 6.24. The second kappa shape index (κ2) is 9.04. The molecule has 1 saturated heterocycles. The number of amides is 1. The van der Waals surface area contributed by atoms with Crippen molar-refractivity contribution < 1.29 is 9.21 Å². The second-order valence-corrected chi connectivity index (χ2v) is 8.51. The average molecular weight is 396 g/mol. The molecule has 0 radical (unpaired) electrons. The number of hydrogen-bond acceptors (Lipinski definition) is 4. The standard InChI is InChI=1S/C24H33N3O2/c1-3-4-12-26-13-9-20(10-14-26)25-24(28)21-11-15-29-23(21)17-27-18(2)16-19-7-5-6-8-22(19)27/h5-8,11,15,18,20H,3-4,9-10,12-14,16-17H2,1-2H3,(H,25,28). The summed E-state index contributed by atoms with van der Waals surface area (Å²) in [5.74, 6) is 0.757. The van der Waals surface area contributed by atoms with Crippen molar-refractivity contribution in [3.05, 3.63) is 53.5 Å². The second-order valence-electron chi connectivity index (χ2n) is 8.51. The van der Waals surface area contributed by atoms with E-state index in [9.17, 15) is 4.79 Å². The van der Waals surface area contributed by atoms with E-state index in [1.165, 1.54) is 30.6 Å². The van der Waals surface area contributed by atoms with E-state index in [1.807, 2.05) is 6.07 Å². The van der Waals surface area contributed by atoms with Gasteiger partial charge in [-0.25, -0.2) is 0 Å². The number of furan rings is 1. The summed E-state index contributed by atoms with van der Waals surface area (Å²) >= 11 is 0. The van der Waals surface area contributed by atoms with E-state index >= 15 is 0 Å². The molecule has 4 rings (SSSR count). The van der Waals surface area contributed by atoms with Gasteiger partial charge in [-0.2, -0.15) is 0 Å². The highest BCUT2D eigenvalue weighted by atomic mass is 16.3. The summed E-state index contributed by atoms with van der Waals surface area (Å²) in [6.07, 6.45) is 7.23. The third-order valence-corrected chi connectivity index (χ3v) is 6.40. The number of hydrogen-bond donors (Lipinski definition) is 1. The van der Waals surface area contributed by atoms with Crippen LogP contribution in [0.15, 0.2) is 41.0 Å². The van der Waals surface area contributed by atoms with E-state index in [0.29, 0.717) is 18.2 Å². The number of fused-ring (bicyclic) bond motifs is 1. The van der Waals surface area contributed by atoms with E-state index < -0.39 is 0 Å². The molecular formula is C24H33N3O2. The Morgan fingerprint density at radius 2 is 2.00 bits per heavy atom. The normalized spacial score (nSPS) is 20.1. The Hall–Kier alpha value is -2.27. The van der Waals surface area contributed by atoms with Crippen LogP contribution in [0.25, 0.3) is 0 Å². The lowest BCUT2D eigenvalue weighted by molar-refractivity contribution is 0.0908. The first-order chi connectivity index (χ1) is 14.2. The number of benzene rings is 1. The smallest absolute Gasteiger partial charge is 0.255 e. The molecule has 1 aromatic carbocycles. The Labute approximate surface area is 174 Å². The number of nitrogens with zero attached hydrogens (tertiary/aromatic N) is 2. The molecule has 1 unspecified atom stereocenters.